The maximum absolute atomic E-state index is 5.42. The van der Waals surface area contributed by atoms with Crippen LogP contribution >= 0.6 is 0 Å². The van der Waals surface area contributed by atoms with Crippen LogP contribution in [0.5, 0.6) is 0 Å². The third kappa shape index (κ3) is 5.55. The highest BCUT2D eigenvalue weighted by molar-refractivity contribution is 6.10. The first-order valence-electron chi connectivity index (χ1n) is 21.3. The van der Waals surface area contributed by atoms with Gasteiger partial charge in [-0.05, 0) is 101 Å². The molecule has 0 aliphatic rings. The van der Waals surface area contributed by atoms with Gasteiger partial charge in [0.1, 0.15) is 0 Å². The van der Waals surface area contributed by atoms with Crippen molar-refractivity contribution in [1.29, 1.82) is 0 Å². The first-order valence-corrected chi connectivity index (χ1v) is 21.3. The van der Waals surface area contributed by atoms with Crippen molar-refractivity contribution in [2.75, 3.05) is 0 Å². The largest absolute Gasteiger partial charge is 0.309 e. The molecule has 0 saturated carbocycles. The summed E-state index contributed by atoms with van der Waals surface area (Å²) in [6.45, 7) is 0. The number of hydrogen-bond donors (Lipinski definition) is 0. The number of nitrogens with zero attached hydrogens (tertiary/aromatic N) is 6. The molecule has 0 unspecified atom stereocenters. The second kappa shape index (κ2) is 14.0. The normalized spacial score (nSPS) is 11.8. The summed E-state index contributed by atoms with van der Waals surface area (Å²) in [5.41, 5.74) is 17.0. The van der Waals surface area contributed by atoms with Gasteiger partial charge in [-0.2, -0.15) is 0 Å². The first kappa shape index (κ1) is 35.2. The summed E-state index contributed by atoms with van der Waals surface area (Å²) >= 11 is 0. The lowest BCUT2D eigenvalue weighted by Crippen LogP contribution is -2.00. The Labute approximate surface area is 362 Å². The van der Waals surface area contributed by atoms with Crippen LogP contribution in [-0.2, 0) is 0 Å². The van der Waals surface area contributed by atoms with E-state index >= 15 is 0 Å². The van der Waals surface area contributed by atoms with Gasteiger partial charge in [-0.1, -0.05) is 140 Å². The van der Waals surface area contributed by atoms with E-state index in [0.29, 0.717) is 5.82 Å². The number of rotatable bonds is 6. The van der Waals surface area contributed by atoms with E-state index < -0.39 is 0 Å². The molecule has 4 aromatic heterocycles. The molecule has 6 heteroatoms. The van der Waals surface area contributed by atoms with Crippen LogP contribution in [0.4, 0.5) is 0 Å². The molecule has 9 aromatic carbocycles. The Bertz CT molecular complexity index is 3900. The van der Waals surface area contributed by atoms with Crippen molar-refractivity contribution in [2.24, 2.45) is 0 Å². The lowest BCUT2D eigenvalue weighted by atomic mass is 9.97. The molecule has 0 saturated heterocycles. The van der Waals surface area contributed by atoms with Gasteiger partial charge in [0.2, 0.25) is 5.78 Å². The van der Waals surface area contributed by atoms with Crippen LogP contribution in [-0.4, -0.2) is 28.5 Å². The minimum absolute atomic E-state index is 0.683. The second-order valence-electron chi connectivity index (χ2n) is 16.1. The molecule has 6 nitrogen and oxygen atoms in total. The molecule has 13 rings (SSSR count). The lowest BCUT2D eigenvalue weighted by molar-refractivity contribution is 1.11. The van der Waals surface area contributed by atoms with E-state index in [4.69, 9.17) is 15.0 Å². The molecule has 4 heterocycles. The first-order chi connectivity index (χ1) is 31.2. The topological polar surface area (TPSA) is 52.9 Å². The molecule has 13 aromatic rings. The van der Waals surface area contributed by atoms with E-state index in [0.717, 1.165) is 100 Å². The Kier molecular flexibility index (Phi) is 7.80. The fourth-order valence-electron chi connectivity index (χ4n) is 9.58. The molecule has 294 valence electrons. The van der Waals surface area contributed by atoms with E-state index in [9.17, 15) is 0 Å². The Balaban J connectivity index is 1.01. The van der Waals surface area contributed by atoms with E-state index in [2.05, 4.69) is 226 Å². The van der Waals surface area contributed by atoms with Gasteiger partial charge in [-0.3, -0.25) is 8.97 Å². The van der Waals surface area contributed by atoms with Crippen molar-refractivity contribution in [3.63, 3.8) is 0 Å². The van der Waals surface area contributed by atoms with Crippen LogP contribution in [0, 0.1) is 0 Å². The third-order valence-corrected chi connectivity index (χ3v) is 12.5. The summed E-state index contributed by atoms with van der Waals surface area (Å²) in [5.74, 6) is 1.58. The zero-order valence-corrected chi connectivity index (χ0v) is 34.0. The minimum atomic E-state index is 0.683. The van der Waals surface area contributed by atoms with Crippen LogP contribution in [0.2, 0.25) is 0 Å². The van der Waals surface area contributed by atoms with Crippen LogP contribution < -0.4 is 0 Å². The molecule has 63 heavy (non-hydrogen) atoms. The maximum Gasteiger partial charge on any atom is 0.220 e. The van der Waals surface area contributed by atoms with E-state index in [-0.39, 0.29) is 0 Å². The van der Waals surface area contributed by atoms with Gasteiger partial charge in [0.15, 0.2) is 5.82 Å². The van der Waals surface area contributed by atoms with Gasteiger partial charge in [0.05, 0.1) is 44.3 Å². The maximum atomic E-state index is 5.42. The number of imidazole rings is 2. The Hall–Kier alpha value is -8.61. The highest BCUT2D eigenvalue weighted by Crippen LogP contribution is 2.40. The molecule has 0 aliphatic heterocycles. The number of aromatic nitrogens is 6. The van der Waals surface area contributed by atoms with E-state index in [1.165, 1.54) is 10.8 Å². The molecule has 0 bridgehead atoms. The molecule has 0 amide bonds. The third-order valence-electron chi connectivity index (χ3n) is 12.5. The van der Waals surface area contributed by atoms with Crippen LogP contribution in [0.1, 0.15) is 0 Å². The fourth-order valence-corrected chi connectivity index (χ4v) is 9.58. The molecular formula is C57H36N6. The molecule has 0 spiro atoms. The molecular weight excluding hydrogens is 769 g/mol. The predicted octanol–water partition coefficient (Wildman–Crippen LogP) is 14.1. The summed E-state index contributed by atoms with van der Waals surface area (Å²) in [7, 11) is 0. The SMILES string of the molecule is c1ccc(-c2ccc3nc(-c4ccc(-n5c6ccccc6c6cc(-n7c8ccccc8n8c9ccccc9nc78)ccc65)cc4-c4ccccc4)nc(-c4ccccc4)c3c2)cc1. The summed E-state index contributed by atoms with van der Waals surface area (Å²) in [4.78, 5) is 15.9. The Morgan fingerprint density at radius 2 is 0.921 bits per heavy atom. The predicted molar refractivity (Wildman–Crippen MR) is 259 cm³/mol. The van der Waals surface area contributed by atoms with Gasteiger partial charge >= 0.3 is 0 Å². The summed E-state index contributed by atoms with van der Waals surface area (Å²) in [6.07, 6.45) is 0. The monoisotopic (exact) mass is 804 g/mol. The number of fused-ring (bicyclic) bond motifs is 9. The quantitative estimate of drug-likeness (QED) is 0.168. The van der Waals surface area contributed by atoms with Gasteiger partial charge < -0.3 is 4.57 Å². The summed E-state index contributed by atoms with van der Waals surface area (Å²) in [5, 5.41) is 3.37. The van der Waals surface area contributed by atoms with Crippen molar-refractivity contribution in [1.82, 2.24) is 28.5 Å². The Morgan fingerprint density at radius 1 is 0.302 bits per heavy atom. The van der Waals surface area contributed by atoms with Gasteiger partial charge in [0.25, 0.3) is 0 Å². The Morgan fingerprint density at radius 3 is 1.71 bits per heavy atom. The number of hydrogen-bond acceptors (Lipinski definition) is 3. The lowest BCUT2D eigenvalue weighted by Gasteiger charge is -2.16. The van der Waals surface area contributed by atoms with Gasteiger partial charge in [-0.25, -0.2) is 15.0 Å². The zero-order valence-electron chi connectivity index (χ0n) is 34.0. The van der Waals surface area contributed by atoms with Gasteiger partial charge in [0, 0.05) is 38.7 Å². The molecule has 0 atom stereocenters. The van der Waals surface area contributed by atoms with Crippen LogP contribution in [0.15, 0.2) is 218 Å². The second-order valence-corrected chi connectivity index (χ2v) is 16.1. The molecule has 0 radical (unpaired) electrons. The zero-order chi connectivity index (χ0) is 41.4. The molecule has 0 N–H and O–H groups in total. The van der Waals surface area contributed by atoms with E-state index in [1.54, 1.807) is 0 Å². The number of benzene rings is 9. The average Bonchev–Trinajstić information content (AvgIpc) is 4.01. The van der Waals surface area contributed by atoms with Crippen molar-refractivity contribution in [3.8, 4) is 56.3 Å². The number of para-hydroxylation sites is 5. The van der Waals surface area contributed by atoms with Crippen molar-refractivity contribution in [3.05, 3.63) is 218 Å². The summed E-state index contributed by atoms with van der Waals surface area (Å²) in [6, 6.07) is 77.3. The fraction of sp³-hybridized carbons (Fsp3) is 0. The molecule has 0 aliphatic carbocycles. The molecule has 0 fully saturated rings. The van der Waals surface area contributed by atoms with Crippen molar-refractivity contribution >= 4 is 60.6 Å². The highest BCUT2D eigenvalue weighted by atomic mass is 15.2. The van der Waals surface area contributed by atoms with Gasteiger partial charge in [-0.15, -0.1) is 0 Å². The smallest absolute Gasteiger partial charge is 0.220 e. The average molecular weight is 805 g/mol. The highest BCUT2D eigenvalue weighted by Gasteiger charge is 2.21. The summed E-state index contributed by atoms with van der Waals surface area (Å²) < 4.78 is 6.95. The van der Waals surface area contributed by atoms with Crippen molar-refractivity contribution in [2.45, 2.75) is 0 Å². The standard InChI is InChI=1S/C57H36N6/c1-4-16-37(17-5-1)40-28-32-48-47(34-40)55(39-20-8-3-9-21-39)60-56(58-48)44-31-29-41(35-45(44)38-18-6-2-7-19-38)61-50-24-12-10-22-43(50)46-36-42(30-33-51(46)61)62-53-26-14-15-27-54(53)63-52-25-13-11-23-49(52)59-57(62)63/h1-36H. The minimum Gasteiger partial charge on any atom is -0.309 e. The van der Waals surface area contributed by atoms with Crippen LogP contribution in [0.25, 0.3) is 117 Å². The van der Waals surface area contributed by atoms with Crippen LogP contribution in [0.3, 0.4) is 0 Å². The van der Waals surface area contributed by atoms with Crippen molar-refractivity contribution < 1.29 is 0 Å². The van der Waals surface area contributed by atoms with E-state index in [1.807, 2.05) is 6.07 Å².